The normalized spacial score (nSPS) is 12.0. The standard InChI is InChI=1S/C19H26N4O/c1-4-5-16-6-8-17(9-7-16)15(3)23-19(24)13-20-11-18-12-21-14(2)10-22-18/h6-10,12,15,20H,4-5,11,13H2,1-3H3,(H,23,24). The Hall–Kier alpha value is -2.27. The van der Waals surface area contributed by atoms with E-state index >= 15 is 0 Å². The second-order valence-electron chi connectivity index (χ2n) is 6.03. The molecule has 0 aliphatic carbocycles. The summed E-state index contributed by atoms with van der Waals surface area (Å²) in [5.74, 6) is -0.0276. The van der Waals surface area contributed by atoms with Crippen LogP contribution in [-0.2, 0) is 17.8 Å². The second kappa shape index (κ2) is 9.13. The molecule has 5 nitrogen and oxygen atoms in total. The number of benzene rings is 1. The number of nitrogens with one attached hydrogen (secondary N) is 2. The number of aromatic nitrogens is 2. The zero-order valence-electron chi connectivity index (χ0n) is 14.7. The van der Waals surface area contributed by atoms with Gasteiger partial charge < -0.3 is 10.6 Å². The van der Waals surface area contributed by atoms with Gasteiger partial charge in [0.25, 0.3) is 0 Å². The van der Waals surface area contributed by atoms with Crippen molar-refractivity contribution in [2.45, 2.75) is 46.2 Å². The topological polar surface area (TPSA) is 66.9 Å². The molecule has 2 rings (SSSR count). The summed E-state index contributed by atoms with van der Waals surface area (Å²) in [6, 6.07) is 8.44. The van der Waals surface area contributed by atoms with Crippen molar-refractivity contribution in [3.05, 3.63) is 59.2 Å². The molecule has 1 aromatic carbocycles. The van der Waals surface area contributed by atoms with Gasteiger partial charge in [-0.05, 0) is 31.4 Å². The van der Waals surface area contributed by atoms with Gasteiger partial charge in [-0.3, -0.25) is 14.8 Å². The van der Waals surface area contributed by atoms with E-state index in [2.05, 4.69) is 51.8 Å². The van der Waals surface area contributed by atoms with Crippen molar-refractivity contribution in [3.63, 3.8) is 0 Å². The lowest BCUT2D eigenvalue weighted by Crippen LogP contribution is -2.35. The Bertz CT molecular complexity index is 637. The molecule has 5 heteroatoms. The predicted molar refractivity (Wildman–Crippen MR) is 95.5 cm³/mol. The highest BCUT2D eigenvalue weighted by Gasteiger charge is 2.09. The third-order valence-electron chi connectivity index (χ3n) is 3.82. The van der Waals surface area contributed by atoms with Crippen LogP contribution < -0.4 is 10.6 Å². The fraction of sp³-hybridized carbons (Fsp3) is 0.421. The van der Waals surface area contributed by atoms with Crippen LogP contribution in [0.3, 0.4) is 0 Å². The quantitative estimate of drug-likeness (QED) is 0.783. The van der Waals surface area contributed by atoms with Crippen molar-refractivity contribution >= 4 is 5.91 Å². The number of carbonyl (C=O) groups excluding carboxylic acids is 1. The molecule has 1 heterocycles. The van der Waals surface area contributed by atoms with Gasteiger partial charge in [0.05, 0.1) is 24.0 Å². The van der Waals surface area contributed by atoms with Gasteiger partial charge in [-0.1, -0.05) is 37.6 Å². The minimum absolute atomic E-state index is 0.00542. The molecule has 1 atom stereocenters. The Balaban J connectivity index is 1.75. The van der Waals surface area contributed by atoms with Crippen LogP contribution in [-0.4, -0.2) is 22.4 Å². The summed E-state index contributed by atoms with van der Waals surface area (Å²) in [7, 11) is 0. The van der Waals surface area contributed by atoms with Crippen LogP contribution >= 0.6 is 0 Å². The molecule has 0 aliphatic rings. The molecule has 0 bridgehead atoms. The summed E-state index contributed by atoms with van der Waals surface area (Å²) in [4.78, 5) is 20.5. The van der Waals surface area contributed by atoms with Crippen molar-refractivity contribution in [2.75, 3.05) is 6.54 Å². The molecule has 1 aromatic heterocycles. The summed E-state index contributed by atoms with van der Waals surface area (Å²) in [5.41, 5.74) is 4.16. The van der Waals surface area contributed by atoms with Gasteiger partial charge in [-0.2, -0.15) is 0 Å². The van der Waals surface area contributed by atoms with Gasteiger partial charge >= 0.3 is 0 Å². The Morgan fingerprint density at radius 3 is 2.54 bits per heavy atom. The number of carbonyl (C=O) groups is 1. The van der Waals surface area contributed by atoms with Crippen molar-refractivity contribution in [1.29, 1.82) is 0 Å². The summed E-state index contributed by atoms with van der Waals surface area (Å²) in [5, 5.41) is 6.09. The molecule has 0 aliphatic heterocycles. The molecule has 0 fully saturated rings. The first-order valence-electron chi connectivity index (χ1n) is 8.45. The van der Waals surface area contributed by atoms with Gasteiger partial charge in [-0.25, -0.2) is 0 Å². The van der Waals surface area contributed by atoms with E-state index in [1.54, 1.807) is 12.4 Å². The van der Waals surface area contributed by atoms with Crippen molar-refractivity contribution < 1.29 is 4.79 Å². The van der Waals surface area contributed by atoms with Crippen LogP contribution in [0, 0.1) is 6.92 Å². The van der Waals surface area contributed by atoms with Crippen molar-refractivity contribution in [3.8, 4) is 0 Å². The number of amides is 1. The monoisotopic (exact) mass is 326 g/mol. The zero-order valence-corrected chi connectivity index (χ0v) is 14.7. The molecule has 0 radical (unpaired) electrons. The molecule has 0 saturated carbocycles. The summed E-state index contributed by atoms with van der Waals surface area (Å²) < 4.78 is 0. The summed E-state index contributed by atoms with van der Waals surface area (Å²) >= 11 is 0. The van der Waals surface area contributed by atoms with E-state index in [0.29, 0.717) is 6.54 Å². The molecule has 128 valence electrons. The van der Waals surface area contributed by atoms with E-state index in [4.69, 9.17) is 0 Å². The maximum Gasteiger partial charge on any atom is 0.234 e. The molecule has 2 N–H and O–H groups in total. The molecule has 1 amide bonds. The number of rotatable bonds is 8. The minimum Gasteiger partial charge on any atom is -0.348 e. The molecule has 2 aromatic rings. The van der Waals surface area contributed by atoms with Crippen molar-refractivity contribution in [1.82, 2.24) is 20.6 Å². The van der Waals surface area contributed by atoms with Gasteiger partial charge in [0, 0.05) is 18.9 Å². The third kappa shape index (κ3) is 5.74. The Morgan fingerprint density at radius 2 is 1.92 bits per heavy atom. The van der Waals surface area contributed by atoms with E-state index in [9.17, 15) is 4.79 Å². The zero-order chi connectivity index (χ0) is 17.4. The summed E-state index contributed by atoms with van der Waals surface area (Å²) in [6.07, 6.45) is 5.68. The molecular weight excluding hydrogens is 300 g/mol. The van der Waals surface area contributed by atoms with Crippen molar-refractivity contribution in [2.24, 2.45) is 0 Å². The lowest BCUT2D eigenvalue weighted by molar-refractivity contribution is -0.120. The number of hydrogen-bond acceptors (Lipinski definition) is 4. The van der Waals surface area contributed by atoms with Crippen LogP contribution in [0.1, 0.15) is 48.8 Å². The molecule has 24 heavy (non-hydrogen) atoms. The largest absolute Gasteiger partial charge is 0.348 e. The van der Waals surface area contributed by atoms with Crippen LogP contribution in [0.2, 0.25) is 0 Å². The van der Waals surface area contributed by atoms with E-state index in [1.807, 2.05) is 13.8 Å². The highest BCUT2D eigenvalue weighted by Crippen LogP contribution is 2.14. The molecule has 0 spiro atoms. The van der Waals surface area contributed by atoms with Crippen LogP contribution in [0.4, 0.5) is 0 Å². The Morgan fingerprint density at radius 1 is 1.17 bits per heavy atom. The predicted octanol–water partition coefficient (Wildman–Crippen LogP) is 2.70. The van der Waals surface area contributed by atoms with E-state index in [1.165, 1.54) is 5.56 Å². The first kappa shape index (κ1) is 18.1. The lowest BCUT2D eigenvalue weighted by atomic mass is 10.0. The molecular formula is C19H26N4O. The van der Waals surface area contributed by atoms with Crippen LogP contribution in [0.15, 0.2) is 36.7 Å². The number of nitrogens with zero attached hydrogens (tertiary/aromatic N) is 2. The van der Waals surface area contributed by atoms with Gasteiger partial charge in [0.2, 0.25) is 5.91 Å². The lowest BCUT2D eigenvalue weighted by Gasteiger charge is -2.15. The smallest absolute Gasteiger partial charge is 0.234 e. The highest BCUT2D eigenvalue weighted by molar-refractivity contribution is 5.78. The maximum atomic E-state index is 12.0. The molecule has 1 unspecified atom stereocenters. The first-order valence-corrected chi connectivity index (χ1v) is 8.45. The van der Waals surface area contributed by atoms with Gasteiger partial charge in [-0.15, -0.1) is 0 Å². The number of aryl methyl sites for hydroxylation is 2. The van der Waals surface area contributed by atoms with E-state index in [-0.39, 0.29) is 18.5 Å². The average molecular weight is 326 g/mol. The summed E-state index contributed by atoms with van der Waals surface area (Å²) in [6.45, 7) is 6.85. The Labute approximate surface area is 143 Å². The fourth-order valence-corrected chi connectivity index (χ4v) is 2.45. The molecule has 0 saturated heterocycles. The van der Waals surface area contributed by atoms with E-state index < -0.39 is 0 Å². The second-order valence-corrected chi connectivity index (χ2v) is 6.03. The van der Waals surface area contributed by atoms with Gasteiger partial charge in [0.15, 0.2) is 0 Å². The maximum absolute atomic E-state index is 12.0. The van der Waals surface area contributed by atoms with Gasteiger partial charge in [0.1, 0.15) is 0 Å². The highest BCUT2D eigenvalue weighted by atomic mass is 16.1. The van der Waals surface area contributed by atoms with Crippen LogP contribution in [0.25, 0.3) is 0 Å². The third-order valence-corrected chi connectivity index (χ3v) is 3.82. The number of hydrogen-bond donors (Lipinski definition) is 2. The average Bonchev–Trinajstić information content (AvgIpc) is 2.57. The van der Waals surface area contributed by atoms with Crippen LogP contribution in [0.5, 0.6) is 0 Å². The minimum atomic E-state index is -0.0276. The Kier molecular flexibility index (Phi) is 6.88. The fourth-order valence-electron chi connectivity index (χ4n) is 2.45. The van der Waals surface area contributed by atoms with E-state index in [0.717, 1.165) is 29.8 Å². The SMILES string of the molecule is CCCc1ccc(C(C)NC(=O)CNCc2cnc(C)cn2)cc1. The first-order chi connectivity index (χ1) is 11.6.